The van der Waals surface area contributed by atoms with Crippen LogP contribution in [0.2, 0.25) is 0 Å². The summed E-state index contributed by atoms with van der Waals surface area (Å²) in [5.74, 6) is 0. The van der Waals surface area contributed by atoms with Gasteiger partial charge in [0.25, 0.3) is 0 Å². The Balaban J connectivity index is 2.64. The molecule has 2 heteroatoms. The monoisotopic (exact) mass is 193 g/mol. The van der Waals surface area contributed by atoms with Gasteiger partial charge in [-0.05, 0) is 38.0 Å². The molecule has 1 aromatic rings. The van der Waals surface area contributed by atoms with Crippen LogP contribution in [0.3, 0.4) is 0 Å². The largest absolute Gasteiger partial charge is 0.389 e. The van der Waals surface area contributed by atoms with Crippen molar-refractivity contribution in [2.75, 3.05) is 5.32 Å². The lowest BCUT2D eigenvalue weighted by Gasteiger charge is -2.13. The Morgan fingerprint density at radius 3 is 2.21 bits per heavy atom. The Hall–Kier alpha value is -1.02. The second-order valence-corrected chi connectivity index (χ2v) is 3.75. The summed E-state index contributed by atoms with van der Waals surface area (Å²) >= 11 is 0. The number of aliphatic hydroxyl groups is 1. The predicted octanol–water partition coefficient (Wildman–Crippen LogP) is 2.95. The molecule has 0 radical (unpaired) electrons. The third kappa shape index (κ3) is 3.04. The van der Waals surface area contributed by atoms with Gasteiger partial charge < -0.3 is 10.4 Å². The van der Waals surface area contributed by atoms with Gasteiger partial charge in [0, 0.05) is 11.7 Å². The summed E-state index contributed by atoms with van der Waals surface area (Å²) in [5, 5.41) is 12.7. The summed E-state index contributed by atoms with van der Waals surface area (Å²) in [4.78, 5) is 0. The van der Waals surface area contributed by atoms with Crippen LogP contribution in [0, 0.1) is 0 Å². The Kier molecular flexibility index (Phi) is 3.96. The molecule has 2 atom stereocenters. The van der Waals surface area contributed by atoms with E-state index in [1.54, 1.807) is 6.92 Å². The maximum atomic E-state index is 9.32. The maximum absolute atomic E-state index is 9.32. The quantitative estimate of drug-likeness (QED) is 0.770. The lowest BCUT2D eigenvalue weighted by Crippen LogP contribution is -2.13. The van der Waals surface area contributed by atoms with E-state index in [1.165, 1.54) is 0 Å². The highest BCUT2D eigenvalue weighted by Crippen LogP contribution is 2.16. The molecule has 0 spiro atoms. The number of benzene rings is 1. The molecule has 1 rings (SSSR count). The molecular formula is C12H19NO. The van der Waals surface area contributed by atoms with Gasteiger partial charge in [-0.2, -0.15) is 0 Å². The number of hydrogen-bond acceptors (Lipinski definition) is 2. The van der Waals surface area contributed by atoms with Crippen LogP contribution in [-0.4, -0.2) is 11.1 Å². The number of aliphatic hydroxyl groups excluding tert-OH is 1. The zero-order chi connectivity index (χ0) is 10.6. The minimum Gasteiger partial charge on any atom is -0.389 e. The Morgan fingerprint density at radius 2 is 1.79 bits per heavy atom. The highest BCUT2D eigenvalue weighted by molar-refractivity contribution is 5.45. The Morgan fingerprint density at radius 1 is 1.21 bits per heavy atom. The summed E-state index contributed by atoms with van der Waals surface area (Å²) in [5.41, 5.74) is 2.07. The van der Waals surface area contributed by atoms with Crippen molar-refractivity contribution in [3.8, 4) is 0 Å². The molecule has 0 heterocycles. The van der Waals surface area contributed by atoms with Crippen LogP contribution in [0.1, 0.15) is 38.9 Å². The van der Waals surface area contributed by atoms with Crippen molar-refractivity contribution in [2.24, 2.45) is 0 Å². The van der Waals surface area contributed by atoms with Gasteiger partial charge in [0.15, 0.2) is 0 Å². The molecule has 78 valence electrons. The molecule has 0 aliphatic rings. The van der Waals surface area contributed by atoms with Gasteiger partial charge in [0.2, 0.25) is 0 Å². The zero-order valence-electron chi connectivity index (χ0n) is 9.12. The van der Waals surface area contributed by atoms with E-state index >= 15 is 0 Å². The first-order valence-corrected chi connectivity index (χ1v) is 5.18. The smallest absolute Gasteiger partial charge is 0.0761 e. The Bertz CT molecular complexity index is 266. The molecule has 0 aromatic heterocycles. The zero-order valence-corrected chi connectivity index (χ0v) is 9.12. The van der Waals surface area contributed by atoms with E-state index in [4.69, 9.17) is 0 Å². The fourth-order valence-corrected chi connectivity index (χ4v) is 1.24. The van der Waals surface area contributed by atoms with Gasteiger partial charge in [-0.1, -0.05) is 19.1 Å². The summed E-state index contributed by atoms with van der Waals surface area (Å²) in [6, 6.07) is 8.42. The topological polar surface area (TPSA) is 32.3 Å². The van der Waals surface area contributed by atoms with E-state index in [1.807, 2.05) is 24.3 Å². The summed E-state index contributed by atoms with van der Waals surface area (Å²) in [6.07, 6.45) is 0.727. The van der Waals surface area contributed by atoms with Crippen LogP contribution in [0.4, 0.5) is 5.69 Å². The predicted molar refractivity (Wildman–Crippen MR) is 60.5 cm³/mol. The molecule has 1 aromatic carbocycles. The van der Waals surface area contributed by atoms with Gasteiger partial charge in [0.1, 0.15) is 0 Å². The van der Waals surface area contributed by atoms with Crippen molar-refractivity contribution in [3.05, 3.63) is 29.8 Å². The Labute approximate surface area is 86.0 Å². The third-order valence-corrected chi connectivity index (χ3v) is 2.42. The van der Waals surface area contributed by atoms with Gasteiger partial charge in [-0.3, -0.25) is 0 Å². The number of anilines is 1. The van der Waals surface area contributed by atoms with Crippen molar-refractivity contribution in [1.82, 2.24) is 0 Å². The van der Waals surface area contributed by atoms with Gasteiger partial charge >= 0.3 is 0 Å². The standard InChI is InChI=1S/C12H19NO/c1-4-9(2)13-12-7-5-11(6-8-12)10(3)14/h5-10,13-14H,4H2,1-3H3. The first-order chi connectivity index (χ1) is 6.63. The minimum atomic E-state index is -0.382. The van der Waals surface area contributed by atoms with E-state index in [0.717, 1.165) is 17.7 Å². The molecule has 0 fully saturated rings. The van der Waals surface area contributed by atoms with Gasteiger partial charge in [-0.25, -0.2) is 0 Å². The van der Waals surface area contributed by atoms with Gasteiger partial charge in [-0.15, -0.1) is 0 Å². The fraction of sp³-hybridized carbons (Fsp3) is 0.500. The van der Waals surface area contributed by atoms with Crippen molar-refractivity contribution in [1.29, 1.82) is 0 Å². The average molecular weight is 193 g/mol. The molecule has 14 heavy (non-hydrogen) atoms. The van der Waals surface area contributed by atoms with Crippen molar-refractivity contribution < 1.29 is 5.11 Å². The summed E-state index contributed by atoms with van der Waals surface area (Å²) in [6.45, 7) is 6.08. The molecule has 2 unspecified atom stereocenters. The minimum absolute atomic E-state index is 0.382. The molecular weight excluding hydrogens is 174 g/mol. The normalized spacial score (nSPS) is 14.9. The summed E-state index contributed by atoms with van der Waals surface area (Å²) < 4.78 is 0. The first-order valence-electron chi connectivity index (χ1n) is 5.18. The lowest BCUT2D eigenvalue weighted by molar-refractivity contribution is 0.199. The second-order valence-electron chi connectivity index (χ2n) is 3.75. The second kappa shape index (κ2) is 5.01. The van der Waals surface area contributed by atoms with Crippen LogP contribution in [-0.2, 0) is 0 Å². The van der Waals surface area contributed by atoms with E-state index < -0.39 is 0 Å². The molecule has 0 aliphatic heterocycles. The van der Waals surface area contributed by atoms with Crippen LogP contribution in [0.25, 0.3) is 0 Å². The van der Waals surface area contributed by atoms with E-state index in [2.05, 4.69) is 19.2 Å². The van der Waals surface area contributed by atoms with Gasteiger partial charge in [0.05, 0.1) is 6.10 Å². The van der Waals surface area contributed by atoms with Crippen molar-refractivity contribution >= 4 is 5.69 Å². The van der Waals surface area contributed by atoms with Crippen LogP contribution < -0.4 is 5.32 Å². The van der Waals surface area contributed by atoms with Crippen molar-refractivity contribution in [2.45, 2.75) is 39.3 Å². The molecule has 0 saturated heterocycles. The number of hydrogen-bond donors (Lipinski definition) is 2. The SMILES string of the molecule is CCC(C)Nc1ccc(C(C)O)cc1. The molecule has 0 bridgehead atoms. The molecule has 2 N–H and O–H groups in total. The van der Waals surface area contributed by atoms with Crippen LogP contribution >= 0.6 is 0 Å². The van der Waals surface area contributed by atoms with Crippen LogP contribution in [0.15, 0.2) is 24.3 Å². The first kappa shape index (κ1) is 11.1. The highest BCUT2D eigenvalue weighted by atomic mass is 16.3. The molecule has 2 nitrogen and oxygen atoms in total. The van der Waals surface area contributed by atoms with Crippen LogP contribution in [0.5, 0.6) is 0 Å². The van der Waals surface area contributed by atoms with Crippen molar-refractivity contribution in [3.63, 3.8) is 0 Å². The third-order valence-electron chi connectivity index (χ3n) is 2.42. The number of nitrogens with one attached hydrogen (secondary N) is 1. The van der Waals surface area contributed by atoms with E-state index in [-0.39, 0.29) is 6.10 Å². The fourth-order valence-electron chi connectivity index (χ4n) is 1.24. The average Bonchev–Trinajstić information content (AvgIpc) is 2.18. The maximum Gasteiger partial charge on any atom is 0.0761 e. The molecule has 0 aliphatic carbocycles. The summed E-state index contributed by atoms with van der Waals surface area (Å²) in [7, 11) is 0. The lowest BCUT2D eigenvalue weighted by atomic mass is 10.1. The number of rotatable bonds is 4. The molecule has 0 saturated carbocycles. The molecule has 0 amide bonds. The van der Waals surface area contributed by atoms with E-state index in [0.29, 0.717) is 6.04 Å². The highest BCUT2D eigenvalue weighted by Gasteiger charge is 2.01. The van der Waals surface area contributed by atoms with E-state index in [9.17, 15) is 5.11 Å².